The molecule has 5 rings (SSSR count). The third kappa shape index (κ3) is 3.04. The maximum atomic E-state index is 14.1. The molecule has 1 aromatic carbocycles. The highest BCUT2D eigenvalue weighted by atomic mass is 19.1. The van der Waals surface area contributed by atoms with Gasteiger partial charge in [0.05, 0.1) is 47.2 Å². The van der Waals surface area contributed by atoms with E-state index < -0.39 is 5.41 Å². The number of halogens is 1. The second-order valence-electron chi connectivity index (χ2n) is 8.33. The molecule has 0 aliphatic carbocycles. The monoisotopic (exact) mass is 415 g/mol. The first kappa shape index (κ1) is 19.2. The predicted molar refractivity (Wildman–Crippen MR) is 118 cm³/mol. The van der Waals surface area contributed by atoms with E-state index in [2.05, 4.69) is 15.3 Å². The molecule has 1 amide bonds. The Kier molecular flexibility index (Phi) is 4.28. The first-order chi connectivity index (χ1) is 14.9. The highest BCUT2D eigenvalue weighted by molar-refractivity contribution is 6.12. The molecule has 0 radical (unpaired) electrons. The van der Waals surface area contributed by atoms with E-state index in [-0.39, 0.29) is 11.7 Å². The molecule has 0 fully saturated rings. The Bertz CT molecular complexity index is 1220. The summed E-state index contributed by atoms with van der Waals surface area (Å²) in [5.41, 5.74) is 5.06. The fourth-order valence-electron chi connectivity index (χ4n) is 4.11. The van der Waals surface area contributed by atoms with Crippen molar-refractivity contribution in [3.05, 3.63) is 83.8 Å². The Balaban J connectivity index is 1.56. The molecule has 0 spiro atoms. The van der Waals surface area contributed by atoms with Gasteiger partial charge in [-0.2, -0.15) is 0 Å². The summed E-state index contributed by atoms with van der Waals surface area (Å²) in [6.45, 7) is 6.25. The number of anilines is 3. The SMILES string of the molecule is Cc1ccc(N2C(=O)C(C)(C)c3ccc(C4=CN(c5ccncc5F)CN4)cc32)cn1. The van der Waals surface area contributed by atoms with Gasteiger partial charge in [0.15, 0.2) is 5.82 Å². The van der Waals surface area contributed by atoms with E-state index in [0.717, 1.165) is 33.9 Å². The third-order valence-corrected chi connectivity index (χ3v) is 5.90. The predicted octanol–water partition coefficient (Wildman–Crippen LogP) is 4.25. The average molecular weight is 415 g/mol. The van der Waals surface area contributed by atoms with Gasteiger partial charge in [-0.05, 0) is 50.6 Å². The lowest BCUT2D eigenvalue weighted by Gasteiger charge is -2.20. The number of hydrogen-bond donors (Lipinski definition) is 1. The summed E-state index contributed by atoms with van der Waals surface area (Å²) in [7, 11) is 0. The molecule has 0 atom stereocenters. The van der Waals surface area contributed by atoms with Gasteiger partial charge < -0.3 is 10.2 Å². The summed E-state index contributed by atoms with van der Waals surface area (Å²) < 4.78 is 14.1. The number of benzene rings is 1. The van der Waals surface area contributed by atoms with Crippen LogP contribution in [0, 0.1) is 12.7 Å². The molecule has 2 aliphatic rings. The van der Waals surface area contributed by atoms with Gasteiger partial charge in [0, 0.05) is 23.7 Å². The molecule has 2 aromatic heterocycles. The molecule has 3 aromatic rings. The Morgan fingerprint density at radius 1 is 1.10 bits per heavy atom. The van der Waals surface area contributed by atoms with Crippen molar-refractivity contribution in [2.24, 2.45) is 0 Å². The summed E-state index contributed by atoms with van der Waals surface area (Å²) in [5, 5.41) is 3.32. The van der Waals surface area contributed by atoms with Crippen molar-refractivity contribution in [1.29, 1.82) is 0 Å². The summed E-state index contributed by atoms with van der Waals surface area (Å²) >= 11 is 0. The van der Waals surface area contributed by atoms with Crippen LogP contribution in [0.1, 0.15) is 30.7 Å². The molecule has 4 heterocycles. The van der Waals surface area contributed by atoms with Crippen molar-refractivity contribution in [3.63, 3.8) is 0 Å². The van der Waals surface area contributed by atoms with E-state index in [1.807, 2.05) is 57.3 Å². The van der Waals surface area contributed by atoms with E-state index in [1.165, 1.54) is 6.20 Å². The number of nitrogens with one attached hydrogen (secondary N) is 1. The van der Waals surface area contributed by atoms with Crippen LogP contribution >= 0.6 is 0 Å². The van der Waals surface area contributed by atoms with Crippen LogP contribution in [0.3, 0.4) is 0 Å². The maximum absolute atomic E-state index is 14.1. The summed E-state index contributed by atoms with van der Waals surface area (Å²) in [4.78, 5) is 25.0. The zero-order valence-corrected chi connectivity index (χ0v) is 17.6. The smallest absolute Gasteiger partial charge is 0.241 e. The number of nitrogens with zero attached hydrogens (tertiary/aromatic N) is 4. The number of carbonyl (C=O) groups excluding carboxylic acids is 1. The van der Waals surface area contributed by atoms with Gasteiger partial charge in [-0.25, -0.2) is 4.39 Å². The highest BCUT2D eigenvalue weighted by Crippen LogP contribution is 2.46. The van der Waals surface area contributed by atoms with Crippen molar-refractivity contribution >= 4 is 28.7 Å². The van der Waals surface area contributed by atoms with Crippen LogP contribution < -0.4 is 15.1 Å². The van der Waals surface area contributed by atoms with Crippen molar-refractivity contribution < 1.29 is 9.18 Å². The minimum atomic E-state index is -0.636. The Hall–Kier alpha value is -3.74. The lowest BCUT2D eigenvalue weighted by Crippen LogP contribution is -2.33. The van der Waals surface area contributed by atoms with Crippen molar-refractivity contribution in [2.75, 3.05) is 16.5 Å². The Morgan fingerprint density at radius 2 is 1.94 bits per heavy atom. The van der Waals surface area contributed by atoms with Gasteiger partial charge in [-0.3, -0.25) is 19.7 Å². The van der Waals surface area contributed by atoms with E-state index in [4.69, 9.17) is 0 Å². The van der Waals surface area contributed by atoms with E-state index in [0.29, 0.717) is 12.4 Å². The van der Waals surface area contributed by atoms with Crippen molar-refractivity contribution in [3.8, 4) is 0 Å². The average Bonchev–Trinajstić information content (AvgIpc) is 3.32. The number of amides is 1. The van der Waals surface area contributed by atoms with E-state index in [9.17, 15) is 9.18 Å². The molecular weight excluding hydrogens is 393 g/mol. The quantitative estimate of drug-likeness (QED) is 0.693. The van der Waals surface area contributed by atoms with Crippen LogP contribution in [-0.4, -0.2) is 22.5 Å². The Labute approximate surface area is 180 Å². The molecule has 2 aliphatic heterocycles. The fraction of sp³-hybridized carbons (Fsp3) is 0.208. The molecule has 7 heteroatoms. The largest absolute Gasteiger partial charge is 0.366 e. The van der Waals surface area contributed by atoms with Gasteiger partial charge in [0.25, 0.3) is 0 Å². The van der Waals surface area contributed by atoms with Crippen molar-refractivity contribution in [2.45, 2.75) is 26.2 Å². The van der Waals surface area contributed by atoms with Gasteiger partial charge in [0.2, 0.25) is 5.91 Å². The standard InChI is InChI=1S/C24H22FN5O/c1-15-4-6-17(11-27-15)30-22-10-16(5-7-18(22)24(2,3)23(30)31)20-13-29(14-28-20)21-8-9-26-12-19(21)25/h4-13,28H,14H2,1-3H3. The number of carbonyl (C=O) groups is 1. The molecule has 0 saturated carbocycles. The van der Waals surface area contributed by atoms with E-state index in [1.54, 1.807) is 28.3 Å². The maximum Gasteiger partial charge on any atom is 0.241 e. The second-order valence-corrected chi connectivity index (χ2v) is 8.33. The number of fused-ring (bicyclic) bond motifs is 1. The lowest BCUT2D eigenvalue weighted by atomic mass is 9.85. The van der Waals surface area contributed by atoms with Gasteiger partial charge >= 0.3 is 0 Å². The molecule has 0 saturated heterocycles. The molecular formula is C24H22FN5O. The number of aromatic nitrogens is 2. The topological polar surface area (TPSA) is 61.4 Å². The lowest BCUT2D eigenvalue weighted by molar-refractivity contribution is -0.121. The molecule has 156 valence electrons. The molecule has 1 N–H and O–H groups in total. The number of rotatable bonds is 3. The number of pyridine rings is 2. The third-order valence-electron chi connectivity index (χ3n) is 5.90. The van der Waals surface area contributed by atoms with Crippen LogP contribution in [0.2, 0.25) is 0 Å². The van der Waals surface area contributed by atoms with Crippen LogP contribution in [-0.2, 0) is 10.2 Å². The normalized spacial score (nSPS) is 16.9. The first-order valence-corrected chi connectivity index (χ1v) is 10.1. The Morgan fingerprint density at radius 3 is 2.68 bits per heavy atom. The van der Waals surface area contributed by atoms with Gasteiger partial charge in [-0.1, -0.05) is 12.1 Å². The van der Waals surface area contributed by atoms with Crippen LogP contribution in [0.25, 0.3) is 5.70 Å². The molecule has 0 bridgehead atoms. The molecule has 0 unspecified atom stereocenters. The fourth-order valence-corrected chi connectivity index (χ4v) is 4.11. The second kappa shape index (κ2) is 6.91. The highest BCUT2D eigenvalue weighted by Gasteiger charge is 2.44. The van der Waals surface area contributed by atoms with Crippen LogP contribution in [0.4, 0.5) is 21.5 Å². The first-order valence-electron chi connectivity index (χ1n) is 10.1. The number of hydrogen-bond acceptors (Lipinski definition) is 5. The van der Waals surface area contributed by atoms with Crippen LogP contribution in [0.15, 0.2) is 61.2 Å². The zero-order valence-electron chi connectivity index (χ0n) is 17.6. The summed E-state index contributed by atoms with van der Waals surface area (Å²) in [5.74, 6) is -0.361. The summed E-state index contributed by atoms with van der Waals surface area (Å²) in [6, 6.07) is 11.5. The summed E-state index contributed by atoms with van der Waals surface area (Å²) in [6.07, 6.45) is 6.38. The number of aryl methyl sites for hydroxylation is 1. The minimum Gasteiger partial charge on any atom is -0.366 e. The van der Waals surface area contributed by atoms with Crippen molar-refractivity contribution in [1.82, 2.24) is 15.3 Å². The molecule has 31 heavy (non-hydrogen) atoms. The van der Waals surface area contributed by atoms with E-state index >= 15 is 0 Å². The van der Waals surface area contributed by atoms with Gasteiger partial charge in [0.1, 0.15) is 0 Å². The minimum absolute atomic E-state index is 0.0131. The van der Waals surface area contributed by atoms with Crippen LogP contribution in [0.5, 0.6) is 0 Å². The molecule has 6 nitrogen and oxygen atoms in total. The zero-order chi connectivity index (χ0) is 21.8. The van der Waals surface area contributed by atoms with Gasteiger partial charge in [-0.15, -0.1) is 0 Å².